The van der Waals surface area contributed by atoms with E-state index in [0.717, 1.165) is 11.1 Å². The van der Waals surface area contributed by atoms with E-state index in [2.05, 4.69) is 0 Å². The van der Waals surface area contributed by atoms with Crippen LogP contribution in [0.15, 0.2) is 48.5 Å². The highest BCUT2D eigenvalue weighted by Crippen LogP contribution is 2.26. The third-order valence-corrected chi connectivity index (χ3v) is 2.98. The molecule has 0 saturated heterocycles. The molecule has 2 rings (SSSR count). The number of rotatable bonds is 4. The second-order valence-corrected chi connectivity index (χ2v) is 4.58. The molecule has 0 radical (unpaired) electrons. The molecule has 2 nitrogen and oxygen atoms in total. The number of benzene rings is 2. The highest BCUT2D eigenvalue weighted by Gasteiger charge is 2.09. The number of halogens is 1. The third kappa shape index (κ3) is 3.25. The van der Waals surface area contributed by atoms with E-state index >= 15 is 0 Å². The van der Waals surface area contributed by atoms with Crippen molar-refractivity contribution in [3.8, 4) is 5.75 Å². The Morgan fingerprint density at radius 2 is 1.89 bits per heavy atom. The van der Waals surface area contributed by atoms with E-state index in [1.165, 1.54) is 0 Å². The second kappa shape index (κ2) is 5.89. The van der Waals surface area contributed by atoms with Crippen LogP contribution in [0, 0.1) is 6.92 Å². The molecule has 0 aliphatic rings. The van der Waals surface area contributed by atoms with E-state index in [1.54, 1.807) is 6.07 Å². The van der Waals surface area contributed by atoms with E-state index < -0.39 is 6.10 Å². The number of hydrogen-bond donors (Lipinski definition) is 1. The van der Waals surface area contributed by atoms with Crippen LogP contribution >= 0.6 is 11.6 Å². The summed E-state index contributed by atoms with van der Waals surface area (Å²) >= 11 is 6.02. The topological polar surface area (TPSA) is 29.5 Å². The van der Waals surface area contributed by atoms with Gasteiger partial charge in [0.1, 0.15) is 18.5 Å². The largest absolute Gasteiger partial charge is 0.489 e. The van der Waals surface area contributed by atoms with Gasteiger partial charge in [-0.2, -0.15) is 0 Å². The molecule has 0 aliphatic carbocycles. The summed E-state index contributed by atoms with van der Waals surface area (Å²) in [5.74, 6) is 0.603. The highest BCUT2D eigenvalue weighted by molar-refractivity contribution is 6.32. The lowest BCUT2D eigenvalue weighted by Crippen LogP contribution is -2.09. The average molecular weight is 263 g/mol. The van der Waals surface area contributed by atoms with Crippen molar-refractivity contribution in [1.29, 1.82) is 0 Å². The van der Waals surface area contributed by atoms with Gasteiger partial charge in [0.15, 0.2) is 0 Å². The Bertz CT molecular complexity index is 511. The number of hydrogen-bond acceptors (Lipinski definition) is 2. The zero-order valence-electron chi connectivity index (χ0n) is 10.1. The van der Waals surface area contributed by atoms with Gasteiger partial charge in [0, 0.05) is 0 Å². The van der Waals surface area contributed by atoms with Crippen molar-refractivity contribution in [3.63, 3.8) is 0 Å². The van der Waals surface area contributed by atoms with Crippen LogP contribution in [0.4, 0.5) is 0 Å². The summed E-state index contributed by atoms with van der Waals surface area (Å²) in [5.41, 5.74) is 1.91. The first kappa shape index (κ1) is 12.9. The Hall–Kier alpha value is -1.51. The van der Waals surface area contributed by atoms with Gasteiger partial charge in [0.2, 0.25) is 0 Å². The molecule has 0 spiro atoms. The van der Waals surface area contributed by atoms with Gasteiger partial charge in [-0.05, 0) is 30.2 Å². The van der Waals surface area contributed by atoms with Crippen LogP contribution in [-0.2, 0) is 0 Å². The fourth-order valence-electron chi connectivity index (χ4n) is 1.66. The summed E-state index contributed by atoms with van der Waals surface area (Å²) in [6.45, 7) is 2.16. The van der Waals surface area contributed by atoms with Crippen molar-refractivity contribution in [2.45, 2.75) is 13.0 Å². The maximum atomic E-state index is 9.97. The first-order valence-electron chi connectivity index (χ1n) is 5.79. The standard InChI is InChI=1S/C15H15ClO2/c1-11-7-8-13(16)15(9-11)18-10-14(17)12-5-3-2-4-6-12/h2-9,14,17H,10H2,1H3. The van der Waals surface area contributed by atoms with Crippen molar-refractivity contribution in [2.24, 2.45) is 0 Å². The molecule has 3 heteroatoms. The summed E-state index contributed by atoms with van der Waals surface area (Å²) in [6.07, 6.45) is -0.650. The minimum Gasteiger partial charge on any atom is -0.489 e. The van der Waals surface area contributed by atoms with E-state index in [-0.39, 0.29) is 6.61 Å². The summed E-state index contributed by atoms with van der Waals surface area (Å²) < 4.78 is 5.55. The van der Waals surface area contributed by atoms with Gasteiger partial charge in [-0.1, -0.05) is 48.0 Å². The Morgan fingerprint density at radius 1 is 1.17 bits per heavy atom. The number of aryl methyl sites for hydroxylation is 1. The number of aliphatic hydroxyl groups excluding tert-OH is 1. The highest BCUT2D eigenvalue weighted by atomic mass is 35.5. The van der Waals surface area contributed by atoms with Crippen LogP contribution in [0.3, 0.4) is 0 Å². The zero-order chi connectivity index (χ0) is 13.0. The van der Waals surface area contributed by atoms with Crippen LogP contribution in [-0.4, -0.2) is 11.7 Å². The Balaban J connectivity index is 2.01. The molecule has 0 amide bonds. The lowest BCUT2D eigenvalue weighted by Gasteiger charge is -2.13. The summed E-state index contributed by atoms with van der Waals surface area (Å²) in [7, 11) is 0. The molecule has 0 aliphatic heterocycles. The number of aliphatic hydroxyl groups is 1. The van der Waals surface area contributed by atoms with E-state index in [1.807, 2.05) is 49.4 Å². The third-order valence-electron chi connectivity index (χ3n) is 2.67. The molecule has 1 unspecified atom stereocenters. The van der Waals surface area contributed by atoms with Gasteiger partial charge < -0.3 is 9.84 Å². The van der Waals surface area contributed by atoms with Crippen LogP contribution in [0.1, 0.15) is 17.2 Å². The first-order valence-corrected chi connectivity index (χ1v) is 6.16. The molecule has 18 heavy (non-hydrogen) atoms. The molecule has 0 saturated carbocycles. The van der Waals surface area contributed by atoms with Gasteiger partial charge in [0.05, 0.1) is 5.02 Å². The lowest BCUT2D eigenvalue weighted by molar-refractivity contribution is 0.108. The summed E-state index contributed by atoms with van der Waals surface area (Å²) in [4.78, 5) is 0. The quantitative estimate of drug-likeness (QED) is 0.909. The molecule has 0 aromatic heterocycles. The van der Waals surface area contributed by atoms with E-state index in [0.29, 0.717) is 10.8 Å². The molecule has 1 N–H and O–H groups in total. The fraction of sp³-hybridized carbons (Fsp3) is 0.200. The van der Waals surface area contributed by atoms with Gasteiger partial charge in [-0.25, -0.2) is 0 Å². The predicted molar refractivity (Wildman–Crippen MR) is 73.1 cm³/mol. The molecule has 1 atom stereocenters. The van der Waals surface area contributed by atoms with Crippen LogP contribution < -0.4 is 4.74 Å². The molecule has 94 valence electrons. The molecular weight excluding hydrogens is 248 g/mol. The first-order chi connectivity index (χ1) is 8.66. The van der Waals surface area contributed by atoms with E-state index in [9.17, 15) is 5.11 Å². The number of ether oxygens (including phenoxy) is 1. The normalized spacial score (nSPS) is 12.2. The minimum absolute atomic E-state index is 0.188. The van der Waals surface area contributed by atoms with Gasteiger partial charge in [-0.3, -0.25) is 0 Å². The van der Waals surface area contributed by atoms with Crippen molar-refractivity contribution in [1.82, 2.24) is 0 Å². The van der Waals surface area contributed by atoms with Gasteiger partial charge in [-0.15, -0.1) is 0 Å². The minimum atomic E-state index is -0.650. The van der Waals surface area contributed by atoms with Gasteiger partial charge >= 0.3 is 0 Å². The lowest BCUT2D eigenvalue weighted by atomic mass is 10.1. The zero-order valence-corrected chi connectivity index (χ0v) is 10.9. The monoisotopic (exact) mass is 262 g/mol. The van der Waals surface area contributed by atoms with E-state index in [4.69, 9.17) is 16.3 Å². The second-order valence-electron chi connectivity index (χ2n) is 4.17. The molecule has 0 heterocycles. The van der Waals surface area contributed by atoms with Crippen LogP contribution in [0.5, 0.6) is 5.75 Å². The average Bonchev–Trinajstić information content (AvgIpc) is 2.40. The Morgan fingerprint density at radius 3 is 2.61 bits per heavy atom. The molecule has 0 fully saturated rings. The van der Waals surface area contributed by atoms with Crippen LogP contribution in [0.2, 0.25) is 5.02 Å². The van der Waals surface area contributed by atoms with Crippen molar-refractivity contribution >= 4 is 11.6 Å². The molecule has 0 bridgehead atoms. The van der Waals surface area contributed by atoms with Crippen molar-refractivity contribution < 1.29 is 9.84 Å². The van der Waals surface area contributed by atoms with Crippen LogP contribution in [0.25, 0.3) is 0 Å². The Labute approximate surface area is 112 Å². The van der Waals surface area contributed by atoms with Crippen molar-refractivity contribution in [3.05, 3.63) is 64.7 Å². The Kier molecular flexibility index (Phi) is 4.24. The summed E-state index contributed by atoms with van der Waals surface area (Å²) in [5, 5.41) is 10.5. The maximum Gasteiger partial charge on any atom is 0.138 e. The maximum absolute atomic E-state index is 9.97. The summed E-state index contributed by atoms with van der Waals surface area (Å²) in [6, 6.07) is 15.0. The molecular formula is C15H15ClO2. The SMILES string of the molecule is Cc1ccc(Cl)c(OCC(O)c2ccccc2)c1. The van der Waals surface area contributed by atoms with Crippen molar-refractivity contribution in [2.75, 3.05) is 6.61 Å². The fourth-order valence-corrected chi connectivity index (χ4v) is 1.83. The molecule has 2 aromatic carbocycles. The smallest absolute Gasteiger partial charge is 0.138 e. The van der Waals surface area contributed by atoms with Gasteiger partial charge in [0.25, 0.3) is 0 Å². The predicted octanol–water partition coefficient (Wildman–Crippen LogP) is 3.76. The molecule has 2 aromatic rings.